The number of nitrogens with two attached hydrogens (primary N) is 1. The van der Waals surface area contributed by atoms with Gasteiger partial charge in [-0.2, -0.15) is 0 Å². The maximum Gasteiger partial charge on any atom is 0.182 e. The highest BCUT2D eigenvalue weighted by Gasteiger charge is 2.24. The molecule has 0 saturated carbocycles. The van der Waals surface area contributed by atoms with Gasteiger partial charge >= 0.3 is 0 Å². The number of ether oxygens (including phenoxy) is 1. The summed E-state index contributed by atoms with van der Waals surface area (Å²) in [7, 11) is 1.93. The molecule has 0 aliphatic carbocycles. The number of nitrogens with one attached hydrogen (secondary N) is 1. The fourth-order valence-corrected chi connectivity index (χ4v) is 5.24. The van der Waals surface area contributed by atoms with Gasteiger partial charge in [0.1, 0.15) is 34.3 Å². The molecular weight excluding hydrogens is 458 g/mol. The molecule has 1 atom stereocenters. The van der Waals surface area contributed by atoms with Crippen molar-refractivity contribution < 1.29 is 4.74 Å². The fourth-order valence-electron chi connectivity index (χ4n) is 4.58. The van der Waals surface area contributed by atoms with Crippen LogP contribution < -0.4 is 20.7 Å². The summed E-state index contributed by atoms with van der Waals surface area (Å²) in [5, 5.41) is 3.80. The van der Waals surface area contributed by atoms with E-state index < -0.39 is 0 Å². The Kier molecular flexibility index (Phi) is 6.29. The minimum atomic E-state index is 0.0675. The summed E-state index contributed by atoms with van der Waals surface area (Å²) in [6.45, 7) is 10.6. The van der Waals surface area contributed by atoms with E-state index in [9.17, 15) is 0 Å². The Bertz CT molecular complexity index is 1380. The number of pyridine rings is 1. The molecule has 0 radical (unpaired) electrons. The average molecular weight is 490 g/mol. The second-order valence-electron chi connectivity index (χ2n) is 9.26. The monoisotopic (exact) mass is 489 g/mol. The Labute approximate surface area is 209 Å². The zero-order valence-electron chi connectivity index (χ0n) is 20.8. The molecule has 1 aliphatic heterocycles. The van der Waals surface area contributed by atoms with Gasteiger partial charge in [0.05, 0.1) is 12.6 Å². The maximum absolute atomic E-state index is 6.15. The van der Waals surface area contributed by atoms with E-state index in [4.69, 9.17) is 20.4 Å². The van der Waals surface area contributed by atoms with E-state index in [-0.39, 0.29) is 6.04 Å². The van der Waals surface area contributed by atoms with Gasteiger partial charge in [-0.15, -0.1) is 0 Å². The van der Waals surface area contributed by atoms with Crippen molar-refractivity contribution in [2.75, 3.05) is 30.8 Å². The molecule has 0 spiro atoms. The molecule has 3 N–H and O–H groups in total. The Morgan fingerprint density at radius 2 is 1.94 bits per heavy atom. The molecule has 4 aromatic rings. The number of aromatic nitrogens is 4. The molecule has 8 nitrogen and oxygen atoms in total. The minimum Gasteiger partial charge on any atom is -0.491 e. The number of hydrogen-bond donors (Lipinski definition) is 2. The van der Waals surface area contributed by atoms with Gasteiger partial charge in [0.2, 0.25) is 0 Å². The smallest absolute Gasteiger partial charge is 0.182 e. The molecule has 0 amide bonds. The molecule has 1 aliphatic rings. The molecule has 1 aromatic carbocycles. The largest absolute Gasteiger partial charge is 0.491 e. The first-order valence-electron chi connectivity index (χ1n) is 11.9. The van der Waals surface area contributed by atoms with Crippen molar-refractivity contribution in [3.05, 3.63) is 53.1 Å². The molecule has 3 aromatic heterocycles. The lowest BCUT2D eigenvalue weighted by atomic mass is 10.0. The Morgan fingerprint density at radius 1 is 1.11 bits per heavy atom. The van der Waals surface area contributed by atoms with Crippen molar-refractivity contribution in [1.29, 1.82) is 0 Å². The first-order valence-corrected chi connectivity index (χ1v) is 12.7. The van der Waals surface area contributed by atoms with Crippen molar-refractivity contribution in [3.8, 4) is 16.9 Å². The number of hydrogen-bond acceptors (Lipinski definition) is 9. The lowest BCUT2D eigenvalue weighted by Gasteiger charge is -2.27. The van der Waals surface area contributed by atoms with Gasteiger partial charge in [-0.3, -0.25) is 0 Å². The van der Waals surface area contributed by atoms with Crippen LogP contribution in [0.5, 0.6) is 5.75 Å². The van der Waals surface area contributed by atoms with Gasteiger partial charge in [0.15, 0.2) is 5.13 Å². The summed E-state index contributed by atoms with van der Waals surface area (Å²) in [6.07, 6.45) is 1.88. The highest BCUT2D eigenvalue weighted by atomic mass is 32.1. The zero-order valence-corrected chi connectivity index (χ0v) is 21.6. The summed E-state index contributed by atoms with van der Waals surface area (Å²) in [5.74, 6) is 3.02. The highest BCUT2D eigenvalue weighted by Crippen LogP contribution is 2.35. The van der Waals surface area contributed by atoms with Gasteiger partial charge in [-0.05, 0) is 50.6 Å². The number of anilines is 2. The van der Waals surface area contributed by atoms with E-state index in [1.807, 2.05) is 19.3 Å². The van der Waals surface area contributed by atoms with E-state index in [2.05, 4.69) is 66.1 Å². The Morgan fingerprint density at radius 3 is 2.71 bits per heavy atom. The summed E-state index contributed by atoms with van der Waals surface area (Å²) in [6, 6.07) is 8.43. The second-order valence-corrected chi connectivity index (χ2v) is 10.3. The third-order valence-corrected chi connectivity index (χ3v) is 7.28. The summed E-state index contributed by atoms with van der Waals surface area (Å²) in [5.41, 5.74) is 12.1. The Balaban J connectivity index is 1.54. The number of aryl methyl sites for hydroxylation is 1. The number of nitrogen functional groups attached to an aromatic ring is 1. The molecule has 182 valence electrons. The van der Waals surface area contributed by atoms with Gasteiger partial charge in [0.25, 0.3) is 0 Å². The third-order valence-electron chi connectivity index (χ3n) is 6.47. The van der Waals surface area contributed by atoms with Crippen molar-refractivity contribution >= 4 is 32.6 Å². The lowest BCUT2D eigenvalue weighted by Crippen LogP contribution is -2.29. The fraction of sp³-hybridized carbons (Fsp3) is 0.385. The molecule has 4 heterocycles. The second kappa shape index (κ2) is 9.39. The van der Waals surface area contributed by atoms with E-state index >= 15 is 0 Å². The maximum atomic E-state index is 6.15. The van der Waals surface area contributed by atoms with E-state index in [0.717, 1.165) is 56.7 Å². The van der Waals surface area contributed by atoms with E-state index in [0.29, 0.717) is 24.2 Å². The zero-order chi connectivity index (χ0) is 24.7. The van der Waals surface area contributed by atoms with Crippen molar-refractivity contribution in [3.63, 3.8) is 0 Å². The number of thiazole rings is 1. The summed E-state index contributed by atoms with van der Waals surface area (Å²) in [4.78, 5) is 22.0. The van der Waals surface area contributed by atoms with Gasteiger partial charge in [0, 0.05) is 35.1 Å². The highest BCUT2D eigenvalue weighted by molar-refractivity contribution is 7.21. The Hall–Kier alpha value is -3.30. The average Bonchev–Trinajstić information content (AvgIpc) is 3.08. The minimum absolute atomic E-state index is 0.0675. The van der Waals surface area contributed by atoms with Crippen LogP contribution in [-0.2, 0) is 6.54 Å². The SMILES string of the molecule is CN[C@H](C)c1nc(C)c(C(C)C)c(N2CCOc3ccc(-c4cnc5sc(N)nc5c4)cc3C2)n1. The quantitative estimate of drug-likeness (QED) is 0.411. The van der Waals surface area contributed by atoms with Gasteiger partial charge in [-0.1, -0.05) is 31.3 Å². The molecule has 9 heteroatoms. The third kappa shape index (κ3) is 4.53. The molecule has 0 fully saturated rings. The van der Waals surface area contributed by atoms with Crippen LogP contribution in [0.25, 0.3) is 21.5 Å². The van der Waals surface area contributed by atoms with Crippen LogP contribution in [0.3, 0.4) is 0 Å². The van der Waals surface area contributed by atoms with Gasteiger partial charge in [-0.25, -0.2) is 19.9 Å². The first kappa shape index (κ1) is 23.4. The van der Waals surface area contributed by atoms with Crippen LogP contribution in [0.2, 0.25) is 0 Å². The van der Waals surface area contributed by atoms with Crippen molar-refractivity contribution in [2.45, 2.75) is 46.2 Å². The van der Waals surface area contributed by atoms with E-state index in [1.54, 1.807) is 0 Å². The number of fused-ring (bicyclic) bond motifs is 2. The van der Waals surface area contributed by atoms with Crippen LogP contribution in [0.15, 0.2) is 30.5 Å². The standard InChI is InChI=1S/C26H31N7OS/c1-14(2)22-15(3)30-23(16(4)28-5)32-24(22)33-8-9-34-21-7-6-17(10-19(21)13-33)18-11-20-25(29-12-18)35-26(27)31-20/h6-7,10-12,14,16,28H,8-9,13H2,1-5H3,(H2,27,31)/t16-/m1/s1. The van der Waals surface area contributed by atoms with E-state index in [1.165, 1.54) is 16.9 Å². The summed E-state index contributed by atoms with van der Waals surface area (Å²) >= 11 is 1.40. The molecule has 0 saturated heterocycles. The van der Waals surface area contributed by atoms with Gasteiger partial charge < -0.3 is 20.7 Å². The van der Waals surface area contributed by atoms with Crippen LogP contribution in [-0.4, -0.2) is 40.1 Å². The lowest BCUT2D eigenvalue weighted by molar-refractivity contribution is 0.331. The van der Waals surface area contributed by atoms with Crippen LogP contribution in [0, 0.1) is 6.92 Å². The molecule has 5 rings (SSSR count). The topological polar surface area (TPSA) is 102 Å². The summed E-state index contributed by atoms with van der Waals surface area (Å²) < 4.78 is 6.15. The molecular formula is C26H31N7OS. The van der Waals surface area contributed by atoms with Crippen LogP contribution in [0.4, 0.5) is 10.9 Å². The van der Waals surface area contributed by atoms with Crippen LogP contribution in [0.1, 0.15) is 55.4 Å². The van der Waals surface area contributed by atoms with Crippen LogP contribution >= 0.6 is 11.3 Å². The first-order chi connectivity index (χ1) is 16.8. The van der Waals surface area contributed by atoms with Crippen molar-refractivity contribution in [1.82, 2.24) is 25.3 Å². The predicted molar refractivity (Wildman–Crippen MR) is 142 cm³/mol. The molecule has 0 unspecified atom stereocenters. The number of rotatable bonds is 5. The predicted octanol–water partition coefficient (Wildman–Crippen LogP) is 4.84. The molecule has 0 bridgehead atoms. The number of benzene rings is 1. The number of nitrogens with zero attached hydrogens (tertiary/aromatic N) is 5. The normalized spacial score (nSPS) is 14.6. The van der Waals surface area contributed by atoms with Crippen molar-refractivity contribution in [2.24, 2.45) is 0 Å². The molecule has 35 heavy (non-hydrogen) atoms.